The molecule has 0 N–H and O–H groups in total. The van der Waals surface area contributed by atoms with Crippen LogP contribution in [0.2, 0.25) is 0 Å². The van der Waals surface area contributed by atoms with Crippen molar-refractivity contribution in [3.63, 3.8) is 0 Å². The fraction of sp³-hybridized carbons (Fsp3) is 0.750. The number of ketones is 2. The van der Waals surface area contributed by atoms with Crippen molar-refractivity contribution in [2.24, 2.45) is 11.8 Å². The number of carbonyl (C=O) groups excluding carboxylic acids is 4. The first kappa shape index (κ1) is 26.9. The summed E-state index contributed by atoms with van der Waals surface area (Å²) in [7, 11) is 0. The molecule has 0 atom stereocenters. The molecule has 0 fully saturated rings. The molecule has 7 heteroatoms. The molecule has 0 saturated carbocycles. The van der Waals surface area contributed by atoms with Crippen molar-refractivity contribution in [3.05, 3.63) is 0 Å². The van der Waals surface area contributed by atoms with E-state index < -0.39 is 24.8 Å². The van der Waals surface area contributed by atoms with Gasteiger partial charge < -0.3 is 19.8 Å². The van der Waals surface area contributed by atoms with Crippen LogP contribution in [0, 0.1) is 11.8 Å². The molecule has 0 heterocycles. The maximum Gasteiger partial charge on any atom is 2.00 e. The van der Waals surface area contributed by atoms with Crippen LogP contribution in [0.15, 0.2) is 0 Å². The molecule has 0 unspecified atom stereocenters. The minimum absolute atomic E-state index is 0. The summed E-state index contributed by atoms with van der Waals surface area (Å²) in [5, 5.41) is 20.0. The number of aliphatic carboxylic acids is 2. The standard InChI is InChI=1S/2C8H14O3.Mg/c2*1-3-6(4-2)7(9)5-8(10)11;/h2*6H,3-5H2,1-2H3,(H,10,11);/q;;+2/p-2. The Hall–Kier alpha value is -0.954. The van der Waals surface area contributed by atoms with E-state index in [1.54, 1.807) is 0 Å². The number of carbonyl (C=O) groups is 4. The normalized spacial score (nSPS) is 9.65. The van der Waals surface area contributed by atoms with E-state index in [-0.39, 0.29) is 46.5 Å². The molecule has 0 aromatic carbocycles. The molecule has 0 amide bonds. The predicted octanol–water partition coefficient (Wildman–Crippen LogP) is -0.117. The molecule has 0 radical (unpaired) electrons. The molecule has 0 aliphatic heterocycles. The average Bonchev–Trinajstić information content (AvgIpc) is 2.40. The van der Waals surface area contributed by atoms with Gasteiger partial charge in [-0.15, -0.1) is 0 Å². The molecule has 0 bridgehead atoms. The van der Waals surface area contributed by atoms with Crippen molar-refractivity contribution in [2.75, 3.05) is 0 Å². The molecule has 0 aliphatic carbocycles. The third-order valence-corrected chi connectivity index (χ3v) is 3.52. The van der Waals surface area contributed by atoms with Crippen LogP contribution in [0.4, 0.5) is 0 Å². The smallest absolute Gasteiger partial charge is 0.550 e. The maximum absolute atomic E-state index is 11.0. The van der Waals surface area contributed by atoms with Crippen LogP contribution in [0.5, 0.6) is 0 Å². The third kappa shape index (κ3) is 14.4. The first-order valence-corrected chi connectivity index (χ1v) is 7.68. The quantitative estimate of drug-likeness (QED) is 0.405. The van der Waals surface area contributed by atoms with Crippen LogP contribution in [-0.4, -0.2) is 46.6 Å². The minimum Gasteiger partial charge on any atom is -0.550 e. The van der Waals surface area contributed by atoms with Crippen molar-refractivity contribution < 1.29 is 29.4 Å². The summed E-state index contributed by atoms with van der Waals surface area (Å²) in [6, 6.07) is 0. The van der Waals surface area contributed by atoms with Gasteiger partial charge in [-0.2, -0.15) is 0 Å². The predicted molar refractivity (Wildman–Crippen MR) is 83.2 cm³/mol. The molecular weight excluding hydrogens is 312 g/mol. The van der Waals surface area contributed by atoms with Gasteiger partial charge in [-0.3, -0.25) is 9.59 Å². The van der Waals surface area contributed by atoms with Gasteiger partial charge >= 0.3 is 23.1 Å². The van der Waals surface area contributed by atoms with Gasteiger partial charge in [0.15, 0.2) is 0 Å². The van der Waals surface area contributed by atoms with Gasteiger partial charge in [-0.25, -0.2) is 0 Å². The summed E-state index contributed by atoms with van der Waals surface area (Å²) in [5.41, 5.74) is 0. The zero-order chi connectivity index (χ0) is 17.7. The van der Waals surface area contributed by atoms with Crippen molar-refractivity contribution in [2.45, 2.75) is 66.2 Å². The minimum atomic E-state index is -1.28. The number of Topliss-reactive ketones (excluding diaryl/α,β-unsaturated/α-hetero) is 2. The SMILES string of the molecule is CCC(CC)C(=O)CC(=O)[O-].CCC(CC)C(=O)CC(=O)[O-].[Mg+2]. The molecule has 128 valence electrons. The van der Waals surface area contributed by atoms with Crippen LogP contribution >= 0.6 is 0 Å². The third-order valence-electron chi connectivity index (χ3n) is 3.52. The van der Waals surface area contributed by atoms with E-state index in [0.29, 0.717) is 25.7 Å². The van der Waals surface area contributed by atoms with E-state index in [1.165, 1.54) is 0 Å². The van der Waals surface area contributed by atoms with E-state index in [1.807, 2.05) is 27.7 Å². The maximum atomic E-state index is 11.0. The molecule has 0 aromatic heterocycles. The first-order chi connectivity index (χ1) is 10.2. The van der Waals surface area contributed by atoms with Crippen molar-refractivity contribution in [3.8, 4) is 0 Å². The van der Waals surface area contributed by atoms with Crippen molar-refractivity contribution in [1.82, 2.24) is 0 Å². The Labute approximate surface area is 154 Å². The molecule has 23 heavy (non-hydrogen) atoms. The zero-order valence-corrected chi connectivity index (χ0v) is 16.0. The summed E-state index contributed by atoms with van der Waals surface area (Å²) in [6.45, 7) is 7.51. The summed E-state index contributed by atoms with van der Waals surface area (Å²) < 4.78 is 0. The molecule has 0 saturated heterocycles. The van der Waals surface area contributed by atoms with E-state index in [4.69, 9.17) is 0 Å². The first-order valence-electron chi connectivity index (χ1n) is 7.68. The van der Waals surface area contributed by atoms with Gasteiger partial charge in [-0.05, 0) is 25.7 Å². The van der Waals surface area contributed by atoms with E-state index in [0.717, 1.165) is 0 Å². The van der Waals surface area contributed by atoms with E-state index in [2.05, 4.69) is 0 Å². The van der Waals surface area contributed by atoms with Gasteiger partial charge in [0.05, 0.1) is 0 Å². The van der Waals surface area contributed by atoms with Crippen LogP contribution in [-0.2, 0) is 19.2 Å². The zero-order valence-electron chi connectivity index (χ0n) is 14.6. The monoisotopic (exact) mass is 338 g/mol. The van der Waals surface area contributed by atoms with E-state index in [9.17, 15) is 29.4 Å². The molecule has 0 rings (SSSR count). The Morgan fingerprint density at radius 3 is 1.00 bits per heavy atom. The second-order valence-electron chi connectivity index (χ2n) is 5.06. The van der Waals surface area contributed by atoms with Crippen molar-refractivity contribution in [1.29, 1.82) is 0 Å². The average molecular weight is 339 g/mol. The van der Waals surface area contributed by atoms with E-state index >= 15 is 0 Å². The number of hydrogen-bond donors (Lipinski definition) is 0. The topological polar surface area (TPSA) is 114 Å². The summed E-state index contributed by atoms with van der Waals surface area (Å²) in [5.74, 6) is -3.19. The van der Waals surface area contributed by atoms with Gasteiger partial charge in [0.1, 0.15) is 11.6 Å². The van der Waals surface area contributed by atoms with Crippen LogP contribution < -0.4 is 10.2 Å². The summed E-state index contributed by atoms with van der Waals surface area (Å²) >= 11 is 0. The molecule has 0 aromatic rings. The van der Waals surface area contributed by atoms with Crippen LogP contribution in [0.25, 0.3) is 0 Å². The molecular formula is C16H26MgO6. The van der Waals surface area contributed by atoms with Gasteiger partial charge in [-0.1, -0.05) is 27.7 Å². The van der Waals surface area contributed by atoms with Gasteiger partial charge in [0.2, 0.25) is 0 Å². The van der Waals surface area contributed by atoms with Crippen molar-refractivity contribution >= 4 is 46.6 Å². The second-order valence-corrected chi connectivity index (χ2v) is 5.06. The fourth-order valence-corrected chi connectivity index (χ4v) is 2.06. The van der Waals surface area contributed by atoms with Crippen LogP contribution in [0.1, 0.15) is 66.2 Å². The Morgan fingerprint density at radius 1 is 0.652 bits per heavy atom. The number of carboxylic acid groups (broad SMARTS) is 2. The Balaban J connectivity index is -0.000000333. The fourth-order valence-electron chi connectivity index (χ4n) is 2.06. The summed E-state index contributed by atoms with van der Waals surface area (Å²) in [6.07, 6.45) is 1.97. The summed E-state index contributed by atoms with van der Waals surface area (Å²) in [4.78, 5) is 42.0. The molecule has 0 aliphatic rings. The number of rotatable bonds is 10. The molecule has 6 nitrogen and oxygen atoms in total. The van der Waals surface area contributed by atoms with Gasteiger partial charge in [0, 0.05) is 36.6 Å². The number of hydrogen-bond acceptors (Lipinski definition) is 6. The Bertz CT molecular complexity index is 337. The van der Waals surface area contributed by atoms with Crippen LogP contribution in [0.3, 0.4) is 0 Å². The number of carboxylic acids is 2. The second kappa shape index (κ2) is 15.9. The van der Waals surface area contributed by atoms with Gasteiger partial charge in [0.25, 0.3) is 0 Å². The Kier molecular flexibility index (Phi) is 18.6. The Morgan fingerprint density at radius 2 is 0.870 bits per heavy atom. The molecule has 0 spiro atoms. The largest absolute Gasteiger partial charge is 2.00 e.